The van der Waals surface area contributed by atoms with Gasteiger partial charge in [-0.15, -0.1) is 0 Å². The molecule has 4 nitrogen and oxygen atoms in total. The van der Waals surface area contributed by atoms with Crippen LogP contribution >= 0.6 is 15.9 Å². The lowest BCUT2D eigenvalue weighted by Gasteiger charge is -2.10. The zero-order valence-corrected chi connectivity index (χ0v) is 16.2. The number of anilines is 1. The van der Waals surface area contributed by atoms with Crippen molar-refractivity contribution in [2.75, 3.05) is 5.32 Å². The van der Waals surface area contributed by atoms with Crippen molar-refractivity contribution in [3.8, 4) is 0 Å². The first-order valence-electron chi connectivity index (χ1n) is 8.26. The number of hydrogen-bond acceptors (Lipinski definition) is 2. The first-order chi connectivity index (χ1) is 12.4. The molecule has 0 saturated heterocycles. The van der Waals surface area contributed by atoms with Crippen molar-refractivity contribution in [3.63, 3.8) is 0 Å². The predicted octanol–water partition coefficient (Wildman–Crippen LogP) is 4.53. The normalized spacial score (nSPS) is 10.6. The minimum atomic E-state index is -0.238. The number of amides is 1. The van der Waals surface area contributed by atoms with E-state index in [1.54, 1.807) is 16.8 Å². The van der Waals surface area contributed by atoms with Crippen LogP contribution in [0.15, 0.2) is 70.1 Å². The van der Waals surface area contributed by atoms with Crippen LogP contribution in [0.3, 0.4) is 0 Å². The van der Waals surface area contributed by atoms with Gasteiger partial charge in [0.25, 0.3) is 11.5 Å². The SMILES string of the molecule is Cc1ccc(NC(=O)c2ccc(=O)n(Cc3ccc(Br)cc3)c2)cc1C. The lowest BCUT2D eigenvalue weighted by Crippen LogP contribution is -2.22. The molecule has 2 aromatic carbocycles. The first-order valence-corrected chi connectivity index (χ1v) is 9.05. The standard InChI is InChI=1S/C21H19BrN2O2/c1-14-3-9-19(11-15(14)2)23-21(26)17-6-10-20(25)24(13-17)12-16-4-7-18(22)8-5-16/h3-11,13H,12H2,1-2H3,(H,23,26). The Bertz CT molecular complexity index is 1010. The first kappa shape index (κ1) is 18.1. The molecule has 0 spiro atoms. The zero-order valence-electron chi connectivity index (χ0n) is 14.6. The summed E-state index contributed by atoms with van der Waals surface area (Å²) in [5.74, 6) is -0.238. The van der Waals surface area contributed by atoms with E-state index < -0.39 is 0 Å². The molecular formula is C21H19BrN2O2. The zero-order chi connectivity index (χ0) is 18.7. The van der Waals surface area contributed by atoms with Crippen molar-refractivity contribution >= 4 is 27.5 Å². The van der Waals surface area contributed by atoms with Gasteiger partial charge in [0.1, 0.15) is 0 Å². The minimum Gasteiger partial charge on any atom is -0.322 e. The highest BCUT2D eigenvalue weighted by atomic mass is 79.9. The number of benzene rings is 2. The van der Waals surface area contributed by atoms with E-state index in [4.69, 9.17) is 0 Å². The van der Waals surface area contributed by atoms with Crippen LogP contribution in [0.1, 0.15) is 27.0 Å². The summed E-state index contributed by atoms with van der Waals surface area (Å²) in [6.07, 6.45) is 1.60. The summed E-state index contributed by atoms with van der Waals surface area (Å²) < 4.78 is 2.52. The van der Waals surface area contributed by atoms with Gasteiger partial charge in [0.05, 0.1) is 12.1 Å². The number of carbonyl (C=O) groups is 1. The summed E-state index contributed by atoms with van der Waals surface area (Å²) in [4.78, 5) is 24.7. The van der Waals surface area contributed by atoms with Crippen LogP contribution in [-0.4, -0.2) is 10.5 Å². The van der Waals surface area contributed by atoms with E-state index in [2.05, 4.69) is 21.2 Å². The molecule has 5 heteroatoms. The maximum absolute atomic E-state index is 12.5. The van der Waals surface area contributed by atoms with Crippen LogP contribution in [0.5, 0.6) is 0 Å². The Hall–Kier alpha value is -2.66. The van der Waals surface area contributed by atoms with E-state index in [9.17, 15) is 9.59 Å². The van der Waals surface area contributed by atoms with Crippen LogP contribution in [0, 0.1) is 13.8 Å². The third-order valence-electron chi connectivity index (χ3n) is 4.28. The topological polar surface area (TPSA) is 51.1 Å². The highest BCUT2D eigenvalue weighted by Crippen LogP contribution is 2.15. The van der Waals surface area contributed by atoms with Gasteiger partial charge in [0.15, 0.2) is 0 Å². The van der Waals surface area contributed by atoms with E-state index >= 15 is 0 Å². The fourth-order valence-electron chi connectivity index (χ4n) is 2.60. The highest BCUT2D eigenvalue weighted by Gasteiger charge is 2.09. The molecule has 0 radical (unpaired) electrons. The molecule has 1 aromatic heterocycles. The quantitative estimate of drug-likeness (QED) is 0.686. The summed E-state index contributed by atoms with van der Waals surface area (Å²) in [7, 11) is 0. The molecule has 0 aliphatic heterocycles. The number of halogens is 1. The minimum absolute atomic E-state index is 0.143. The molecular weight excluding hydrogens is 392 g/mol. The van der Waals surface area contributed by atoms with Gasteiger partial charge in [-0.1, -0.05) is 34.1 Å². The summed E-state index contributed by atoms with van der Waals surface area (Å²) in [5, 5.41) is 2.88. The highest BCUT2D eigenvalue weighted by molar-refractivity contribution is 9.10. The summed E-state index contributed by atoms with van der Waals surface area (Å²) in [6, 6.07) is 16.5. The average molecular weight is 411 g/mol. The molecule has 1 N–H and O–H groups in total. The molecule has 0 saturated carbocycles. The Balaban J connectivity index is 1.81. The number of carbonyl (C=O) groups excluding carboxylic acids is 1. The molecule has 0 unspecified atom stereocenters. The van der Waals surface area contributed by atoms with Gasteiger partial charge in [-0.2, -0.15) is 0 Å². The maximum atomic E-state index is 12.5. The van der Waals surface area contributed by atoms with Crippen LogP contribution in [0.4, 0.5) is 5.69 Å². The molecule has 0 aliphatic carbocycles. The van der Waals surface area contributed by atoms with Gasteiger partial charge in [0, 0.05) is 22.4 Å². The van der Waals surface area contributed by atoms with Gasteiger partial charge in [-0.05, 0) is 60.9 Å². The van der Waals surface area contributed by atoms with Crippen molar-refractivity contribution in [1.82, 2.24) is 4.57 Å². The molecule has 1 amide bonds. The van der Waals surface area contributed by atoms with Gasteiger partial charge in [0.2, 0.25) is 0 Å². The van der Waals surface area contributed by atoms with E-state index in [0.717, 1.165) is 21.3 Å². The molecule has 0 atom stereocenters. The van der Waals surface area contributed by atoms with Crippen LogP contribution in [-0.2, 0) is 6.54 Å². The van der Waals surface area contributed by atoms with Crippen molar-refractivity contribution in [2.24, 2.45) is 0 Å². The molecule has 3 aromatic rings. The van der Waals surface area contributed by atoms with Crippen molar-refractivity contribution in [3.05, 3.63) is 97.9 Å². The average Bonchev–Trinajstić information content (AvgIpc) is 2.62. The summed E-state index contributed by atoms with van der Waals surface area (Å²) in [5.41, 5.74) is 4.32. The molecule has 1 heterocycles. The van der Waals surface area contributed by atoms with Crippen LogP contribution in [0.25, 0.3) is 0 Å². The van der Waals surface area contributed by atoms with Crippen molar-refractivity contribution in [1.29, 1.82) is 0 Å². The molecule has 0 aliphatic rings. The number of nitrogens with one attached hydrogen (secondary N) is 1. The Kier molecular flexibility index (Phi) is 5.38. The Morgan fingerprint density at radius 3 is 2.42 bits per heavy atom. The Morgan fingerprint density at radius 1 is 1.00 bits per heavy atom. The lowest BCUT2D eigenvalue weighted by atomic mass is 10.1. The maximum Gasteiger partial charge on any atom is 0.257 e. The van der Waals surface area contributed by atoms with E-state index in [-0.39, 0.29) is 11.5 Å². The summed E-state index contributed by atoms with van der Waals surface area (Å²) in [6.45, 7) is 4.44. The van der Waals surface area contributed by atoms with Crippen LogP contribution in [0.2, 0.25) is 0 Å². The third kappa shape index (κ3) is 4.29. The van der Waals surface area contributed by atoms with Gasteiger partial charge < -0.3 is 9.88 Å². The second kappa shape index (κ2) is 7.70. The predicted molar refractivity (Wildman–Crippen MR) is 108 cm³/mol. The van der Waals surface area contributed by atoms with Gasteiger partial charge in [-0.25, -0.2) is 0 Å². The number of aromatic nitrogens is 1. The van der Waals surface area contributed by atoms with Gasteiger partial charge >= 0.3 is 0 Å². The smallest absolute Gasteiger partial charge is 0.257 e. The molecule has 132 valence electrons. The van der Waals surface area contributed by atoms with E-state index in [1.165, 1.54) is 11.6 Å². The monoisotopic (exact) mass is 410 g/mol. The fourth-order valence-corrected chi connectivity index (χ4v) is 2.86. The molecule has 3 rings (SSSR count). The second-order valence-electron chi connectivity index (χ2n) is 6.26. The molecule has 26 heavy (non-hydrogen) atoms. The number of aryl methyl sites for hydroxylation is 2. The van der Waals surface area contributed by atoms with E-state index in [1.807, 2.05) is 56.3 Å². The number of hydrogen-bond donors (Lipinski definition) is 1. The third-order valence-corrected chi connectivity index (χ3v) is 4.81. The lowest BCUT2D eigenvalue weighted by molar-refractivity contribution is 0.102. The van der Waals surface area contributed by atoms with Gasteiger partial charge in [-0.3, -0.25) is 9.59 Å². The van der Waals surface area contributed by atoms with Crippen molar-refractivity contribution < 1.29 is 4.79 Å². The second-order valence-corrected chi connectivity index (χ2v) is 7.18. The summed E-state index contributed by atoms with van der Waals surface area (Å²) >= 11 is 3.40. The molecule has 0 fully saturated rings. The largest absolute Gasteiger partial charge is 0.322 e. The number of rotatable bonds is 4. The Labute approximate surface area is 160 Å². The number of nitrogens with zero attached hydrogens (tertiary/aromatic N) is 1. The number of pyridine rings is 1. The van der Waals surface area contributed by atoms with Crippen molar-refractivity contribution in [2.45, 2.75) is 20.4 Å². The molecule has 0 bridgehead atoms. The Morgan fingerprint density at radius 2 is 1.73 bits per heavy atom. The van der Waals surface area contributed by atoms with E-state index in [0.29, 0.717) is 12.1 Å². The fraction of sp³-hybridized carbons (Fsp3) is 0.143. The van der Waals surface area contributed by atoms with Crippen LogP contribution < -0.4 is 10.9 Å².